The van der Waals surface area contributed by atoms with Crippen LogP contribution in [-0.4, -0.2) is 10.1 Å². The van der Waals surface area contributed by atoms with Crippen molar-refractivity contribution >= 4 is 21.8 Å². The Morgan fingerprint density at radius 1 is 1.05 bits per heavy atom. The highest BCUT2D eigenvalue weighted by Crippen LogP contribution is 2.37. The fraction of sp³-hybridized carbons (Fsp3) is 0.333. The molecule has 0 saturated carbocycles. The van der Waals surface area contributed by atoms with E-state index in [9.17, 15) is 5.11 Å². The Balaban J connectivity index is 2.17. The van der Waals surface area contributed by atoms with Crippen molar-refractivity contribution < 1.29 is 5.11 Å². The van der Waals surface area contributed by atoms with Gasteiger partial charge in [0.2, 0.25) is 0 Å². The number of nitrogens with one attached hydrogen (secondary N) is 1. The van der Waals surface area contributed by atoms with Gasteiger partial charge in [-0.3, -0.25) is 0 Å². The van der Waals surface area contributed by atoms with E-state index in [4.69, 9.17) is 0 Å². The minimum atomic E-state index is -0.439. The molecule has 0 spiro atoms. The average molecular weight is 267 g/mol. The average Bonchev–Trinajstić information content (AvgIpc) is 2.84. The molecule has 0 bridgehead atoms. The van der Waals surface area contributed by atoms with Gasteiger partial charge in [-0.1, -0.05) is 45.0 Å². The summed E-state index contributed by atoms with van der Waals surface area (Å²) in [5.41, 5.74) is 3.15. The van der Waals surface area contributed by atoms with E-state index in [0.29, 0.717) is 0 Å². The Labute approximate surface area is 119 Å². The summed E-state index contributed by atoms with van der Waals surface area (Å²) in [6.07, 6.45) is 0.505. The number of fused-ring (bicyclic) bond motifs is 3. The topological polar surface area (TPSA) is 36.0 Å². The molecular weight excluding hydrogens is 246 g/mol. The summed E-state index contributed by atoms with van der Waals surface area (Å²) in [4.78, 5) is 3.42. The molecule has 1 atom stereocenters. The van der Waals surface area contributed by atoms with Crippen LogP contribution in [0.15, 0.2) is 42.5 Å². The molecule has 2 N–H and O–H groups in total. The van der Waals surface area contributed by atoms with Gasteiger partial charge in [0, 0.05) is 21.8 Å². The van der Waals surface area contributed by atoms with Gasteiger partial charge < -0.3 is 10.1 Å². The van der Waals surface area contributed by atoms with Crippen LogP contribution in [0.4, 0.5) is 0 Å². The first kappa shape index (κ1) is 13.2. The highest BCUT2D eigenvalue weighted by molar-refractivity contribution is 6.07. The van der Waals surface area contributed by atoms with Crippen molar-refractivity contribution in [2.24, 2.45) is 5.41 Å². The molecule has 0 aliphatic rings. The van der Waals surface area contributed by atoms with Crippen LogP contribution < -0.4 is 0 Å². The zero-order valence-corrected chi connectivity index (χ0v) is 12.3. The van der Waals surface area contributed by atoms with Crippen molar-refractivity contribution in [3.63, 3.8) is 0 Å². The number of hydrogen-bond acceptors (Lipinski definition) is 1. The van der Waals surface area contributed by atoms with E-state index in [1.165, 1.54) is 10.8 Å². The van der Waals surface area contributed by atoms with Crippen LogP contribution >= 0.6 is 0 Å². The molecule has 3 rings (SSSR count). The molecule has 3 aromatic rings. The van der Waals surface area contributed by atoms with Crippen LogP contribution in [0.3, 0.4) is 0 Å². The lowest BCUT2D eigenvalue weighted by molar-refractivity contribution is 0.0467. The van der Waals surface area contributed by atoms with Gasteiger partial charge in [0.1, 0.15) is 0 Å². The Morgan fingerprint density at radius 2 is 1.75 bits per heavy atom. The van der Waals surface area contributed by atoms with Crippen molar-refractivity contribution in [1.82, 2.24) is 4.98 Å². The zero-order valence-electron chi connectivity index (χ0n) is 12.3. The Kier molecular flexibility index (Phi) is 3.06. The maximum atomic E-state index is 10.6. The quantitative estimate of drug-likeness (QED) is 0.703. The van der Waals surface area contributed by atoms with Gasteiger partial charge in [-0.15, -0.1) is 0 Å². The van der Waals surface area contributed by atoms with Gasteiger partial charge in [0.05, 0.1) is 6.10 Å². The third kappa shape index (κ3) is 2.01. The number of H-pyrrole nitrogens is 1. The van der Waals surface area contributed by atoms with Gasteiger partial charge in [-0.25, -0.2) is 0 Å². The molecule has 1 unspecified atom stereocenters. The van der Waals surface area contributed by atoms with Crippen molar-refractivity contribution in [3.05, 3.63) is 48.0 Å². The summed E-state index contributed by atoms with van der Waals surface area (Å²) in [5, 5.41) is 13.0. The minimum Gasteiger partial charge on any atom is -0.388 e. The lowest BCUT2D eigenvalue weighted by atomic mass is 9.80. The SMILES string of the molecule is CCC(C)(C)C(O)c1ccc2[nH]c3ccccc3c2c1. The van der Waals surface area contributed by atoms with Crippen molar-refractivity contribution in [2.75, 3.05) is 0 Å². The number of hydrogen-bond donors (Lipinski definition) is 2. The number of rotatable bonds is 3. The Hall–Kier alpha value is -1.80. The number of para-hydroxylation sites is 1. The van der Waals surface area contributed by atoms with Crippen LogP contribution in [0.25, 0.3) is 21.8 Å². The number of benzene rings is 2. The molecule has 2 heteroatoms. The molecule has 2 aromatic carbocycles. The van der Waals surface area contributed by atoms with E-state index in [-0.39, 0.29) is 5.41 Å². The molecule has 2 nitrogen and oxygen atoms in total. The monoisotopic (exact) mass is 267 g/mol. The molecule has 0 radical (unpaired) electrons. The van der Waals surface area contributed by atoms with Gasteiger partial charge in [-0.05, 0) is 35.6 Å². The minimum absolute atomic E-state index is 0.111. The summed E-state index contributed by atoms with van der Waals surface area (Å²) in [7, 11) is 0. The predicted molar refractivity (Wildman–Crippen MR) is 84.8 cm³/mol. The molecule has 0 saturated heterocycles. The van der Waals surface area contributed by atoms with Crippen LogP contribution in [0, 0.1) is 5.41 Å². The summed E-state index contributed by atoms with van der Waals surface area (Å²) >= 11 is 0. The molecule has 0 fully saturated rings. The Morgan fingerprint density at radius 3 is 2.50 bits per heavy atom. The second-order valence-electron chi connectivity index (χ2n) is 6.22. The lowest BCUT2D eigenvalue weighted by Gasteiger charge is -2.29. The third-order valence-electron chi connectivity index (χ3n) is 4.50. The summed E-state index contributed by atoms with van der Waals surface area (Å²) < 4.78 is 0. The van der Waals surface area contributed by atoms with Crippen LogP contribution in [0.2, 0.25) is 0 Å². The first-order valence-electron chi connectivity index (χ1n) is 7.21. The normalized spacial score (nSPS) is 14.0. The van der Waals surface area contributed by atoms with E-state index in [1.807, 2.05) is 12.1 Å². The maximum Gasteiger partial charge on any atom is 0.0841 e. The number of aromatic nitrogens is 1. The van der Waals surface area contributed by atoms with Crippen LogP contribution in [0.1, 0.15) is 38.9 Å². The van der Waals surface area contributed by atoms with Crippen LogP contribution in [0.5, 0.6) is 0 Å². The van der Waals surface area contributed by atoms with E-state index in [0.717, 1.165) is 23.0 Å². The molecule has 1 aromatic heterocycles. The van der Waals surface area contributed by atoms with Gasteiger partial charge >= 0.3 is 0 Å². The molecule has 1 heterocycles. The largest absolute Gasteiger partial charge is 0.388 e. The van der Waals surface area contributed by atoms with Gasteiger partial charge in [0.15, 0.2) is 0 Å². The number of aromatic amines is 1. The standard InChI is InChI=1S/C18H21NO/c1-4-18(2,3)17(20)12-9-10-16-14(11-12)13-7-5-6-8-15(13)19-16/h5-11,17,19-20H,4H2,1-3H3. The maximum absolute atomic E-state index is 10.6. The van der Waals surface area contributed by atoms with Gasteiger partial charge in [-0.2, -0.15) is 0 Å². The van der Waals surface area contributed by atoms with Crippen molar-refractivity contribution in [2.45, 2.75) is 33.3 Å². The van der Waals surface area contributed by atoms with E-state index in [1.54, 1.807) is 0 Å². The summed E-state index contributed by atoms with van der Waals surface area (Å²) in [6.45, 7) is 6.33. The fourth-order valence-corrected chi connectivity index (χ4v) is 2.68. The molecular formula is C18H21NO. The summed E-state index contributed by atoms with van der Waals surface area (Å²) in [6, 6.07) is 14.5. The highest BCUT2D eigenvalue weighted by atomic mass is 16.3. The zero-order chi connectivity index (χ0) is 14.3. The number of aliphatic hydroxyl groups excluding tert-OH is 1. The first-order valence-corrected chi connectivity index (χ1v) is 7.21. The Bertz CT molecular complexity index is 754. The number of aliphatic hydroxyl groups is 1. The smallest absolute Gasteiger partial charge is 0.0841 e. The third-order valence-corrected chi connectivity index (χ3v) is 4.50. The predicted octanol–water partition coefficient (Wildman–Crippen LogP) is 4.79. The molecule has 0 aliphatic heterocycles. The van der Waals surface area contributed by atoms with E-state index < -0.39 is 6.10 Å². The summed E-state index contributed by atoms with van der Waals surface area (Å²) in [5.74, 6) is 0. The van der Waals surface area contributed by atoms with E-state index >= 15 is 0 Å². The molecule has 104 valence electrons. The van der Waals surface area contributed by atoms with Gasteiger partial charge in [0.25, 0.3) is 0 Å². The second kappa shape index (κ2) is 4.64. The first-order chi connectivity index (χ1) is 9.53. The lowest BCUT2D eigenvalue weighted by Crippen LogP contribution is -2.20. The molecule has 0 aliphatic carbocycles. The molecule has 0 amide bonds. The van der Waals surface area contributed by atoms with Crippen molar-refractivity contribution in [1.29, 1.82) is 0 Å². The fourth-order valence-electron chi connectivity index (χ4n) is 2.68. The van der Waals surface area contributed by atoms with Crippen molar-refractivity contribution in [3.8, 4) is 0 Å². The van der Waals surface area contributed by atoms with E-state index in [2.05, 4.69) is 56.1 Å². The van der Waals surface area contributed by atoms with Crippen LogP contribution in [-0.2, 0) is 0 Å². The molecule has 20 heavy (non-hydrogen) atoms. The highest BCUT2D eigenvalue weighted by Gasteiger charge is 2.27. The second-order valence-corrected chi connectivity index (χ2v) is 6.22.